The molecule has 0 spiro atoms. The Kier molecular flexibility index (Phi) is 3.08. The second-order valence-corrected chi connectivity index (χ2v) is 4.56. The van der Waals surface area contributed by atoms with Crippen LogP contribution in [0.4, 0.5) is 5.82 Å². The van der Waals surface area contributed by atoms with Crippen molar-refractivity contribution < 1.29 is 4.79 Å². The van der Waals surface area contributed by atoms with Crippen LogP contribution in [0.5, 0.6) is 0 Å². The molecule has 0 aliphatic carbocycles. The predicted octanol–water partition coefficient (Wildman–Crippen LogP) is 2.27. The van der Waals surface area contributed by atoms with Crippen LogP contribution >= 0.6 is 11.6 Å². The van der Waals surface area contributed by atoms with Gasteiger partial charge >= 0.3 is 0 Å². The van der Waals surface area contributed by atoms with Gasteiger partial charge in [0.2, 0.25) is 0 Å². The fraction of sp³-hybridized carbons (Fsp3) is 0.0769. The molecule has 1 amide bonds. The molecule has 1 N–H and O–H groups in total. The van der Waals surface area contributed by atoms with Gasteiger partial charge in [-0.15, -0.1) is 0 Å². The third kappa shape index (κ3) is 2.21. The minimum atomic E-state index is -0.349. The number of rotatable bonds is 2. The van der Waals surface area contributed by atoms with Gasteiger partial charge in [-0.1, -0.05) is 29.8 Å². The Bertz CT molecular complexity index is 798. The van der Waals surface area contributed by atoms with Crippen LogP contribution in [0, 0.1) is 0 Å². The summed E-state index contributed by atoms with van der Waals surface area (Å²) in [4.78, 5) is 20.1. The number of fused-ring (bicyclic) bond motifs is 1. The van der Waals surface area contributed by atoms with E-state index in [-0.39, 0.29) is 16.9 Å². The first kappa shape index (κ1) is 12.6. The molecule has 2 heterocycles. The summed E-state index contributed by atoms with van der Waals surface area (Å²) in [5.41, 5.74) is 1.22. The minimum absolute atomic E-state index is 0.216. The van der Waals surface area contributed by atoms with Crippen LogP contribution < -0.4 is 5.32 Å². The van der Waals surface area contributed by atoms with E-state index in [4.69, 9.17) is 11.6 Å². The van der Waals surface area contributed by atoms with Gasteiger partial charge in [-0.2, -0.15) is 5.10 Å². The van der Waals surface area contributed by atoms with Gasteiger partial charge < -0.3 is 5.32 Å². The van der Waals surface area contributed by atoms with Gasteiger partial charge in [0.1, 0.15) is 5.15 Å². The molecule has 20 heavy (non-hydrogen) atoms. The number of benzene rings is 1. The maximum absolute atomic E-state index is 12.3. The number of hydrogen-bond donors (Lipinski definition) is 1. The summed E-state index contributed by atoms with van der Waals surface area (Å²) >= 11 is 5.73. The third-order valence-electron chi connectivity index (χ3n) is 2.82. The summed E-state index contributed by atoms with van der Waals surface area (Å²) < 4.78 is 1.66. The summed E-state index contributed by atoms with van der Waals surface area (Å²) in [6.45, 7) is 0. The van der Waals surface area contributed by atoms with Crippen LogP contribution in [0.25, 0.3) is 10.9 Å². The highest BCUT2D eigenvalue weighted by atomic mass is 35.5. The average Bonchev–Trinajstić information content (AvgIpc) is 2.77. The van der Waals surface area contributed by atoms with E-state index in [2.05, 4.69) is 20.4 Å². The predicted molar refractivity (Wildman–Crippen MR) is 75.7 cm³/mol. The number of aromatic nitrogens is 4. The van der Waals surface area contributed by atoms with E-state index in [0.717, 1.165) is 10.9 Å². The number of nitrogens with zero attached hydrogens (tertiary/aromatic N) is 4. The van der Waals surface area contributed by atoms with Crippen LogP contribution in [-0.4, -0.2) is 25.7 Å². The zero-order valence-electron chi connectivity index (χ0n) is 10.5. The van der Waals surface area contributed by atoms with Crippen molar-refractivity contribution in [2.75, 3.05) is 5.32 Å². The molecule has 0 bridgehead atoms. The number of hydrogen-bond acceptors (Lipinski definition) is 4. The highest BCUT2D eigenvalue weighted by molar-refractivity contribution is 6.29. The summed E-state index contributed by atoms with van der Waals surface area (Å²) in [5.74, 6) is -0.0596. The molecule has 0 saturated heterocycles. The van der Waals surface area contributed by atoms with Crippen molar-refractivity contribution in [1.82, 2.24) is 19.7 Å². The van der Waals surface area contributed by atoms with Gasteiger partial charge in [-0.25, -0.2) is 4.98 Å². The molecule has 0 unspecified atom stereocenters. The lowest BCUT2D eigenvalue weighted by atomic mass is 10.2. The van der Waals surface area contributed by atoms with Crippen molar-refractivity contribution in [2.24, 2.45) is 7.05 Å². The molecule has 3 aromatic rings. The molecule has 0 aliphatic heterocycles. The molecule has 6 nitrogen and oxygen atoms in total. The molecule has 0 fully saturated rings. The molecule has 2 aromatic heterocycles. The topological polar surface area (TPSA) is 72.7 Å². The highest BCUT2D eigenvalue weighted by Gasteiger charge is 2.16. The van der Waals surface area contributed by atoms with E-state index in [1.54, 1.807) is 11.7 Å². The Labute approximate surface area is 119 Å². The third-order valence-corrected chi connectivity index (χ3v) is 3.00. The second kappa shape index (κ2) is 4.90. The summed E-state index contributed by atoms with van der Waals surface area (Å²) in [5, 5.41) is 7.86. The van der Waals surface area contributed by atoms with Gasteiger partial charge in [0, 0.05) is 12.4 Å². The normalized spacial score (nSPS) is 10.7. The van der Waals surface area contributed by atoms with Crippen molar-refractivity contribution in [1.29, 1.82) is 0 Å². The second-order valence-electron chi connectivity index (χ2n) is 4.17. The number of halogens is 1. The Morgan fingerprint density at radius 3 is 2.90 bits per heavy atom. The Morgan fingerprint density at radius 2 is 2.10 bits per heavy atom. The molecular formula is C13H10ClN5O. The van der Waals surface area contributed by atoms with Gasteiger partial charge in [0.25, 0.3) is 5.91 Å². The van der Waals surface area contributed by atoms with Crippen molar-refractivity contribution in [2.45, 2.75) is 0 Å². The molecular weight excluding hydrogens is 278 g/mol. The fourth-order valence-corrected chi connectivity index (χ4v) is 2.11. The number of para-hydroxylation sites is 1. The number of amides is 1. The molecule has 7 heteroatoms. The van der Waals surface area contributed by atoms with E-state index < -0.39 is 0 Å². The van der Waals surface area contributed by atoms with Crippen molar-refractivity contribution in [3.05, 3.63) is 47.5 Å². The van der Waals surface area contributed by atoms with E-state index in [0.29, 0.717) is 5.69 Å². The lowest BCUT2D eigenvalue weighted by Gasteiger charge is -2.01. The molecule has 0 radical (unpaired) electrons. The lowest BCUT2D eigenvalue weighted by molar-refractivity contribution is 0.102. The Morgan fingerprint density at radius 1 is 1.30 bits per heavy atom. The minimum Gasteiger partial charge on any atom is -0.304 e. The van der Waals surface area contributed by atoms with E-state index >= 15 is 0 Å². The van der Waals surface area contributed by atoms with Crippen LogP contribution in [0.1, 0.15) is 10.5 Å². The van der Waals surface area contributed by atoms with Gasteiger partial charge in [-0.05, 0) is 6.07 Å². The largest absolute Gasteiger partial charge is 0.304 e. The molecule has 0 atom stereocenters. The maximum Gasteiger partial charge on any atom is 0.278 e. The highest BCUT2D eigenvalue weighted by Crippen LogP contribution is 2.18. The number of carbonyl (C=O) groups excluding carboxylic acids is 1. The first-order valence-corrected chi connectivity index (χ1v) is 6.23. The molecule has 1 aromatic carbocycles. The van der Waals surface area contributed by atoms with Gasteiger partial charge in [-0.3, -0.25) is 14.5 Å². The van der Waals surface area contributed by atoms with E-state index in [1.165, 1.54) is 12.4 Å². The number of carbonyl (C=O) groups is 1. The monoisotopic (exact) mass is 287 g/mol. The summed E-state index contributed by atoms with van der Waals surface area (Å²) in [6.07, 6.45) is 2.82. The molecule has 3 rings (SSSR count). The first-order valence-electron chi connectivity index (χ1n) is 5.86. The average molecular weight is 288 g/mol. The van der Waals surface area contributed by atoms with Crippen molar-refractivity contribution in [3.63, 3.8) is 0 Å². The van der Waals surface area contributed by atoms with Crippen LogP contribution in [0.3, 0.4) is 0 Å². The van der Waals surface area contributed by atoms with Gasteiger partial charge in [0.05, 0.1) is 17.9 Å². The Balaban J connectivity index is 1.97. The number of aryl methyl sites for hydroxylation is 1. The smallest absolute Gasteiger partial charge is 0.278 e. The zero-order valence-corrected chi connectivity index (χ0v) is 11.3. The fourth-order valence-electron chi connectivity index (χ4n) is 1.96. The standard InChI is InChI=1S/C13H10ClN5O/c1-19-9-5-3-2-4-8(9)12(18-19)13(20)17-11-7-15-6-10(14)16-11/h2-7H,1H3,(H,16,17,20). The van der Waals surface area contributed by atoms with Crippen LogP contribution in [0.15, 0.2) is 36.7 Å². The van der Waals surface area contributed by atoms with Crippen molar-refractivity contribution >= 4 is 34.2 Å². The molecule has 100 valence electrons. The molecule has 0 saturated carbocycles. The van der Waals surface area contributed by atoms with E-state index in [9.17, 15) is 4.79 Å². The zero-order chi connectivity index (χ0) is 14.1. The lowest BCUT2D eigenvalue weighted by Crippen LogP contribution is -2.14. The first-order chi connectivity index (χ1) is 9.65. The van der Waals surface area contributed by atoms with Gasteiger partial charge in [0.15, 0.2) is 11.5 Å². The quantitative estimate of drug-likeness (QED) is 0.785. The van der Waals surface area contributed by atoms with Crippen molar-refractivity contribution in [3.8, 4) is 0 Å². The number of anilines is 1. The SMILES string of the molecule is Cn1nc(C(=O)Nc2cncc(Cl)n2)c2ccccc21. The summed E-state index contributed by atoms with van der Waals surface area (Å²) in [6, 6.07) is 7.51. The Hall–Kier alpha value is -2.47. The van der Waals surface area contributed by atoms with E-state index in [1.807, 2.05) is 24.3 Å². The number of nitrogens with one attached hydrogen (secondary N) is 1. The maximum atomic E-state index is 12.3. The van der Waals surface area contributed by atoms with Crippen LogP contribution in [-0.2, 0) is 7.05 Å². The summed E-state index contributed by atoms with van der Waals surface area (Å²) in [7, 11) is 1.79. The van der Waals surface area contributed by atoms with Crippen LogP contribution in [0.2, 0.25) is 5.15 Å². The molecule has 0 aliphatic rings.